The van der Waals surface area contributed by atoms with Crippen molar-refractivity contribution in [3.63, 3.8) is 0 Å². The van der Waals surface area contributed by atoms with Gasteiger partial charge in [-0.1, -0.05) is 41.9 Å². The van der Waals surface area contributed by atoms with Crippen LogP contribution in [0, 0.1) is 6.92 Å². The molecule has 0 spiro atoms. The molecule has 0 radical (unpaired) electrons. The van der Waals surface area contributed by atoms with E-state index in [4.69, 9.17) is 16.3 Å². The van der Waals surface area contributed by atoms with Crippen molar-refractivity contribution in [2.24, 2.45) is 0 Å². The van der Waals surface area contributed by atoms with Crippen molar-refractivity contribution >= 4 is 17.7 Å². The van der Waals surface area contributed by atoms with Crippen LogP contribution in [0.4, 0.5) is 4.79 Å². The normalized spacial score (nSPS) is 15.9. The van der Waals surface area contributed by atoms with E-state index in [0.29, 0.717) is 11.7 Å². The van der Waals surface area contributed by atoms with Crippen LogP contribution in [0.2, 0.25) is 5.15 Å². The van der Waals surface area contributed by atoms with E-state index in [0.717, 1.165) is 43.7 Å². The summed E-state index contributed by atoms with van der Waals surface area (Å²) in [7, 11) is 1.84. The third-order valence-electron chi connectivity index (χ3n) is 5.53. The van der Waals surface area contributed by atoms with Gasteiger partial charge >= 0.3 is 6.09 Å². The number of hydrogen-bond donors (Lipinski definition) is 0. The number of nitrogens with zero attached hydrogens (tertiary/aromatic N) is 4. The number of carbonyl (C=O) groups is 1. The van der Waals surface area contributed by atoms with Gasteiger partial charge in [-0.15, -0.1) is 0 Å². The van der Waals surface area contributed by atoms with Gasteiger partial charge in [-0.05, 0) is 46.1 Å². The number of aryl methyl sites for hydroxylation is 1. The first-order valence-electron chi connectivity index (χ1n) is 10.6. The highest BCUT2D eigenvalue weighted by Gasteiger charge is 2.29. The van der Waals surface area contributed by atoms with Gasteiger partial charge in [0.05, 0.1) is 12.2 Å². The number of hydrogen-bond acceptors (Lipinski definition) is 4. The Labute approximate surface area is 184 Å². The quantitative estimate of drug-likeness (QED) is 0.685. The number of ether oxygens (including phenoxy) is 1. The second-order valence-electron chi connectivity index (χ2n) is 9.10. The maximum Gasteiger partial charge on any atom is 0.410 e. The van der Waals surface area contributed by atoms with Crippen molar-refractivity contribution in [2.45, 2.75) is 65.3 Å². The Morgan fingerprint density at radius 3 is 2.43 bits per heavy atom. The van der Waals surface area contributed by atoms with Gasteiger partial charge in [0.15, 0.2) is 0 Å². The minimum absolute atomic E-state index is 0.202. The van der Waals surface area contributed by atoms with Crippen LogP contribution in [0.1, 0.15) is 50.4 Å². The lowest BCUT2D eigenvalue weighted by Gasteiger charge is -2.37. The van der Waals surface area contributed by atoms with Crippen LogP contribution in [0.3, 0.4) is 0 Å². The van der Waals surface area contributed by atoms with Crippen LogP contribution >= 0.6 is 11.6 Å². The molecule has 1 aliphatic rings. The predicted octanol–water partition coefficient (Wildman–Crippen LogP) is 4.72. The molecule has 0 N–H and O–H groups in total. The highest BCUT2D eigenvalue weighted by Crippen LogP contribution is 2.25. The Morgan fingerprint density at radius 2 is 1.83 bits per heavy atom. The van der Waals surface area contributed by atoms with Crippen molar-refractivity contribution < 1.29 is 9.53 Å². The van der Waals surface area contributed by atoms with Gasteiger partial charge in [0, 0.05) is 38.3 Å². The van der Waals surface area contributed by atoms with E-state index in [1.807, 2.05) is 57.6 Å². The lowest BCUT2D eigenvalue weighted by molar-refractivity contribution is 0.0149. The van der Waals surface area contributed by atoms with Crippen LogP contribution in [-0.4, -0.2) is 57.5 Å². The van der Waals surface area contributed by atoms with Crippen LogP contribution < -0.4 is 0 Å². The summed E-state index contributed by atoms with van der Waals surface area (Å²) in [4.78, 5) is 16.5. The molecule has 6 nitrogen and oxygen atoms in total. The smallest absolute Gasteiger partial charge is 0.410 e. The summed E-state index contributed by atoms with van der Waals surface area (Å²) in [5, 5.41) is 5.37. The van der Waals surface area contributed by atoms with Gasteiger partial charge < -0.3 is 9.64 Å². The molecule has 1 aromatic heterocycles. The Morgan fingerprint density at radius 1 is 1.20 bits per heavy atom. The minimum Gasteiger partial charge on any atom is -0.444 e. The Balaban J connectivity index is 1.57. The lowest BCUT2D eigenvalue weighted by atomic mass is 10.0. The molecule has 0 aliphatic carbocycles. The first-order valence-corrected chi connectivity index (χ1v) is 11.0. The number of likely N-dealkylation sites (tertiary alicyclic amines) is 1. The maximum absolute atomic E-state index is 12.3. The monoisotopic (exact) mass is 432 g/mol. The molecule has 0 bridgehead atoms. The lowest BCUT2D eigenvalue weighted by Crippen LogP contribution is -2.46. The summed E-state index contributed by atoms with van der Waals surface area (Å²) in [5.74, 6) is 0. The summed E-state index contributed by atoms with van der Waals surface area (Å²) in [6.07, 6.45) is 1.59. The number of benzene rings is 1. The molecule has 7 heteroatoms. The topological polar surface area (TPSA) is 50.6 Å². The molecule has 0 atom stereocenters. The summed E-state index contributed by atoms with van der Waals surface area (Å²) < 4.78 is 7.38. The number of rotatable bonds is 5. The number of aromatic nitrogens is 2. The molecule has 1 saturated heterocycles. The number of amides is 1. The Hall–Kier alpha value is -2.05. The van der Waals surface area contributed by atoms with Gasteiger partial charge in [0.25, 0.3) is 0 Å². The van der Waals surface area contributed by atoms with Crippen molar-refractivity contribution in [2.75, 3.05) is 20.1 Å². The van der Waals surface area contributed by atoms with E-state index >= 15 is 0 Å². The van der Waals surface area contributed by atoms with Crippen molar-refractivity contribution in [3.8, 4) is 0 Å². The van der Waals surface area contributed by atoms with Crippen LogP contribution in [-0.2, 0) is 17.8 Å². The van der Waals surface area contributed by atoms with E-state index < -0.39 is 5.60 Å². The van der Waals surface area contributed by atoms with Gasteiger partial charge in [-0.25, -0.2) is 9.48 Å². The van der Waals surface area contributed by atoms with E-state index in [9.17, 15) is 4.79 Å². The zero-order valence-electron chi connectivity index (χ0n) is 18.7. The number of piperidine rings is 1. The molecule has 1 aromatic carbocycles. The fourth-order valence-corrected chi connectivity index (χ4v) is 4.10. The van der Waals surface area contributed by atoms with E-state index in [2.05, 4.69) is 22.1 Å². The third kappa shape index (κ3) is 5.76. The van der Waals surface area contributed by atoms with Crippen molar-refractivity contribution in [3.05, 3.63) is 52.3 Å². The molecule has 0 saturated carbocycles. The average Bonchev–Trinajstić information content (AvgIpc) is 2.95. The summed E-state index contributed by atoms with van der Waals surface area (Å²) in [6.45, 7) is 11.0. The van der Waals surface area contributed by atoms with E-state index in [1.54, 1.807) is 4.90 Å². The number of halogens is 1. The number of carbonyl (C=O) groups excluding carboxylic acids is 1. The molecule has 1 amide bonds. The van der Waals surface area contributed by atoms with Crippen LogP contribution in [0.5, 0.6) is 0 Å². The average molecular weight is 433 g/mol. The van der Waals surface area contributed by atoms with Gasteiger partial charge in [0.2, 0.25) is 0 Å². The van der Waals surface area contributed by atoms with E-state index in [-0.39, 0.29) is 12.1 Å². The second-order valence-corrected chi connectivity index (χ2v) is 9.45. The van der Waals surface area contributed by atoms with Crippen LogP contribution in [0.25, 0.3) is 0 Å². The first-order chi connectivity index (χ1) is 14.1. The molecular weight excluding hydrogens is 400 g/mol. The molecular formula is C23H33ClN4O2. The van der Waals surface area contributed by atoms with Gasteiger partial charge in [0.1, 0.15) is 10.8 Å². The summed E-state index contributed by atoms with van der Waals surface area (Å²) in [5.41, 5.74) is 2.77. The summed E-state index contributed by atoms with van der Waals surface area (Å²) in [6, 6.07) is 10.4. The molecule has 1 aliphatic heterocycles. The first kappa shape index (κ1) is 22.6. The molecule has 30 heavy (non-hydrogen) atoms. The fraction of sp³-hybridized carbons (Fsp3) is 0.565. The third-order valence-corrected chi connectivity index (χ3v) is 5.95. The highest BCUT2D eigenvalue weighted by molar-refractivity contribution is 6.30. The fourth-order valence-electron chi connectivity index (χ4n) is 3.80. The van der Waals surface area contributed by atoms with Gasteiger partial charge in [-0.2, -0.15) is 5.10 Å². The van der Waals surface area contributed by atoms with E-state index in [1.165, 1.54) is 5.56 Å². The predicted molar refractivity (Wildman–Crippen MR) is 120 cm³/mol. The SMILES string of the molecule is Cc1nn(Cc2ccccc2)c(Cl)c1CN1CCC(N(C)C(=O)OC(C)(C)C)CC1. The second kappa shape index (κ2) is 9.40. The molecule has 3 rings (SSSR count). The zero-order chi connectivity index (χ0) is 21.9. The largest absolute Gasteiger partial charge is 0.444 e. The molecule has 2 heterocycles. The molecule has 0 unspecified atom stereocenters. The summed E-state index contributed by atoms with van der Waals surface area (Å²) >= 11 is 6.69. The van der Waals surface area contributed by atoms with Gasteiger partial charge in [-0.3, -0.25) is 4.90 Å². The van der Waals surface area contributed by atoms with Crippen LogP contribution in [0.15, 0.2) is 30.3 Å². The molecule has 1 fully saturated rings. The highest BCUT2D eigenvalue weighted by atomic mass is 35.5. The molecule has 164 valence electrons. The Kier molecular flexibility index (Phi) is 7.09. The zero-order valence-corrected chi connectivity index (χ0v) is 19.4. The minimum atomic E-state index is -0.472. The molecule has 2 aromatic rings. The maximum atomic E-state index is 12.3. The standard InChI is InChI=1S/C23H33ClN4O2/c1-17-20(21(24)28(25-17)15-18-9-7-6-8-10-18)16-27-13-11-19(12-14-27)26(5)22(29)30-23(2,3)4/h6-10,19H,11-16H2,1-5H3. The van der Waals surface area contributed by atoms with Crippen molar-refractivity contribution in [1.29, 1.82) is 0 Å². The Bertz CT molecular complexity index is 852. The van der Waals surface area contributed by atoms with Crippen molar-refractivity contribution in [1.82, 2.24) is 19.6 Å².